The molecule has 0 bridgehead atoms. The highest BCUT2D eigenvalue weighted by atomic mass is 79.9. The molecule has 1 aliphatic rings. The SMILES string of the molecule is Cc1c(Br)c(C(F)(F)F)nn1C(C)C(=O)N1CCCC1. The first-order valence-corrected chi connectivity index (χ1v) is 7.13. The molecule has 1 saturated heterocycles. The lowest BCUT2D eigenvalue weighted by Crippen LogP contribution is -2.34. The maximum Gasteiger partial charge on any atom is 0.436 e. The number of aromatic nitrogens is 2. The first-order valence-electron chi connectivity index (χ1n) is 6.34. The topological polar surface area (TPSA) is 38.1 Å². The van der Waals surface area contributed by atoms with Crippen molar-refractivity contribution < 1.29 is 18.0 Å². The van der Waals surface area contributed by atoms with Gasteiger partial charge in [-0.25, -0.2) is 0 Å². The van der Waals surface area contributed by atoms with Crippen LogP contribution in [0.1, 0.15) is 37.2 Å². The third-order valence-electron chi connectivity index (χ3n) is 3.49. The number of likely N-dealkylation sites (tertiary alicyclic amines) is 1. The van der Waals surface area contributed by atoms with Gasteiger partial charge in [0.2, 0.25) is 5.91 Å². The first kappa shape index (κ1) is 15.3. The number of alkyl halides is 3. The summed E-state index contributed by atoms with van der Waals surface area (Å²) >= 11 is 2.91. The Hall–Kier alpha value is -1.05. The maximum atomic E-state index is 12.8. The Balaban J connectivity index is 2.30. The largest absolute Gasteiger partial charge is 0.436 e. The average Bonchev–Trinajstić information content (AvgIpc) is 2.97. The van der Waals surface area contributed by atoms with E-state index < -0.39 is 17.9 Å². The third-order valence-corrected chi connectivity index (χ3v) is 4.44. The van der Waals surface area contributed by atoms with Gasteiger partial charge in [0.25, 0.3) is 0 Å². The van der Waals surface area contributed by atoms with Gasteiger partial charge in [0.15, 0.2) is 5.69 Å². The zero-order valence-corrected chi connectivity index (χ0v) is 12.8. The van der Waals surface area contributed by atoms with Gasteiger partial charge in [-0.05, 0) is 42.6 Å². The van der Waals surface area contributed by atoms with Crippen LogP contribution >= 0.6 is 15.9 Å². The first-order chi connectivity index (χ1) is 9.23. The number of nitrogens with zero attached hydrogens (tertiary/aromatic N) is 3. The van der Waals surface area contributed by atoms with E-state index >= 15 is 0 Å². The van der Waals surface area contributed by atoms with Crippen LogP contribution in [0.4, 0.5) is 13.2 Å². The van der Waals surface area contributed by atoms with Crippen LogP contribution in [-0.4, -0.2) is 33.7 Å². The van der Waals surface area contributed by atoms with Crippen LogP contribution in [0.3, 0.4) is 0 Å². The van der Waals surface area contributed by atoms with E-state index in [1.165, 1.54) is 6.92 Å². The second-order valence-corrected chi connectivity index (χ2v) is 5.69. The summed E-state index contributed by atoms with van der Waals surface area (Å²) in [5, 5.41) is 3.57. The maximum absolute atomic E-state index is 12.8. The van der Waals surface area contributed by atoms with Crippen LogP contribution in [0.2, 0.25) is 0 Å². The summed E-state index contributed by atoms with van der Waals surface area (Å²) in [5.41, 5.74) is -0.687. The fourth-order valence-corrected chi connectivity index (χ4v) is 2.85. The molecule has 0 spiro atoms. The van der Waals surface area contributed by atoms with Gasteiger partial charge in [-0.15, -0.1) is 0 Å². The number of carbonyl (C=O) groups is 1. The second kappa shape index (κ2) is 5.38. The summed E-state index contributed by atoms with van der Waals surface area (Å²) in [6.07, 6.45) is -2.66. The summed E-state index contributed by atoms with van der Waals surface area (Å²) in [6, 6.07) is -0.736. The normalized spacial score (nSPS) is 17.6. The molecule has 0 aromatic carbocycles. The van der Waals surface area contributed by atoms with E-state index in [2.05, 4.69) is 21.0 Å². The molecule has 1 aromatic rings. The van der Waals surface area contributed by atoms with E-state index in [0.717, 1.165) is 17.5 Å². The molecular weight excluding hydrogens is 339 g/mol. The molecule has 8 heteroatoms. The molecule has 2 heterocycles. The summed E-state index contributed by atoms with van der Waals surface area (Å²) < 4.78 is 39.5. The second-order valence-electron chi connectivity index (χ2n) is 4.90. The Bertz CT molecular complexity index is 521. The lowest BCUT2D eigenvalue weighted by molar-refractivity contribution is -0.143. The summed E-state index contributed by atoms with van der Waals surface area (Å²) in [6.45, 7) is 4.42. The lowest BCUT2D eigenvalue weighted by Gasteiger charge is -2.21. The minimum absolute atomic E-state index is 0.105. The smallest absolute Gasteiger partial charge is 0.341 e. The summed E-state index contributed by atoms with van der Waals surface area (Å²) in [4.78, 5) is 13.9. The lowest BCUT2D eigenvalue weighted by atomic mass is 10.3. The van der Waals surface area contributed by atoms with Crippen LogP contribution in [0.25, 0.3) is 0 Å². The van der Waals surface area contributed by atoms with Gasteiger partial charge < -0.3 is 4.90 Å². The molecule has 0 radical (unpaired) electrons. The van der Waals surface area contributed by atoms with E-state index in [1.54, 1.807) is 11.8 Å². The minimum Gasteiger partial charge on any atom is -0.341 e. The van der Waals surface area contributed by atoms with Crippen molar-refractivity contribution in [3.8, 4) is 0 Å². The third kappa shape index (κ3) is 2.70. The van der Waals surface area contributed by atoms with E-state index in [9.17, 15) is 18.0 Å². The van der Waals surface area contributed by atoms with Gasteiger partial charge >= 0.3 is 6.18 Å². The van der Waals surface area contributed by atoms with Crippen molar-refractivity contribution >= 4 is 21.8 Å². The molecule has 0 aliphatic carbocycles. The van der Waals surface area contributed by atoms with E-state index in [1.807, 2.05) is 0 Å². The Labute approximate surface area is 123 Å². The molecule has 1 unspecified atom stereocenters. The Morgan fingerprint density at radius 2 is 1.90 bits per heavy atom. The van der Waals surface area contributed by atoms with Crippen molar-refractivity contribution in [2.24, 2.45) is 0 Å². The molecule has 2 rings (SSSR count). The van der Waals surface area contributed by atoms with Crippen molar-refractivity contribution in [2.45, 2.75) is 38.9 Å². The van der Waals surface area contributed by atoms with Gasteiger partial charge in [-0.1, -0.05) is 0 Å². The Morgan fingerprint density at radius 3 is 2.35 bits per heavy atom. The molecule has 0 saturated carbocycles. The monoisotopic (exact) mass is 353 g/mol. The molecule has 1 amide bonds. The fraction of sp³-hybridized carbons (Fsp3) is 0.667. The van der Waals surface area contributed by atoms with Gasteiger partial charge in [0.05, 0.1) is 10.2 Å². The molecule has 112 valence electrons. The number of halogens is 4. The van der Waals surface area contributed by atoms with Crippen molar-refractivity contribution in [3.05, 3.63) is 15.9 Å². The number of rotatable bonds is 2. The van der Waals surface area contributed by atoms with Crippen LogP contribution < -0.4 is 0 Å². The van der Waals surface area contributed by atoms with Crippen molar-refractivity contribution in [1.82, 2.24) is 14.7 Å². The highest BCUT2D eigenvalue weighted by Gasteiger charge is 2.39. The van der Waals surface area contributed by atoms with Gasteiger partial charge in [-0.2, -0.15) is 18.3 Å². The highest BCUT2D eigenvalue weighted by Crippen LogP contribution is 2.36. The molecule has 0 N–H and O–H groups in total. The average molecular weight is 354 g/mol. The van der Waals surface area contributed by atoms with Crippen LogP contribution in [0, 0.1) is 6.92 Å². The van der Waals surface area contributed by atoms with Gasteiger partial charge in [0.1, 0.15) is 6.04 Å². The van der Waals surface area contributed by atoms with Crippen molar-refractivity contribution in [1.29, 1.82) is 0 Å². The quantitative estimate of drug-likeness (QED) is 0.818. The fourth-order valence-electron chi connectivity index (χ4n) is 2.36. The molecule has 1 fully saturated rings. The zero-order valence-electron chi connectivity index (χ0n) is 11.2. The van der Waals surface area contributed by atoms with E-state index in [0.29, 0.717) is 18.8 Å². The van der Waals surface area contributed by atoms with E-state index in [-0.39, 0.29) is 10.4 Å². The van der Waals surface area contributed by atoms with Crippen LogP contribution in [0.15, 0.2) is 4.47 Å². The van der Waals surface area contributed by atoms with Gasteiger partial charge in [-0.3, -0.25) is 9.48 Å². The molecular formula is C12H15BrF3N3O. The van der Waals surface area contributed by atoms with Crippen molar-refractivity contribution in [3.63, 3.8) is 0 Å². The highest BCUT2D eigenvalue weighted by molar-refractivity contribution is 9.10. The number of hydrogen-bond acceptors (Lipinski definition) is 2. The zero-order chi connectivity index (χ0) is 15.1. The molecule has 1 aliphatic heterocycles. The molecule has 20 heavy (non-hydrogen) atoms. The minimum atomic E-state index is -4.54. The summed E-state index contributed by atoms with van der Waals surface area (Å²) in [5.74, 6) is -0.186. The van der Waals surface area contributed by atoms with Crippen LogP contribution in [0.5, 0.6) is 0 Å². The number of amides is 1. The Morgan fingerprint density at radius 1 is 1.35 bits per heavy atom. The summed E-state index contributed by atoms with van der Waals surface area (Å²) in [7, 11) is 0. The predicted molar refractivity (Wildman–Crippen MR) is 70.2 cm³/mol. The number of carbonyl (C=O) groups excluding carboxylic acids is 1. The van der Waals surface area contributed by atoms with Crippen molar-refractivity contribution in [2.75, 3.05) is 13.1 Å². The number of hydrogen-bond donors (Lipinski definition) is 0. The molecule has 1 atom stereocenters. The predicted octanol–water partition coefficient (Wildman–Crippen LogP) is 3.16. The van der Waals surface area contributed by atoms with Gasteiger partial charge in [0, 0.05) is 13.1 Å². The standard InChI is InChI=1S/C12H15BrF3N3O/c1-7-9(13)10(12(14,15)16)17-19(7)8(2)11(20)18-5-3-4-6-18/h8H,3-6H2,1-2H3. The molecule has 1 aromatic heterocycles. The Kier molecular flexibility index (Phi) is 4.13. The van der Waals surface area contributed by atoms with E-state index in [4.69, 9.17) is 0 Å². The molecule has 4 nitrogen and oxygen atoms in total. The van der Waals surface area contributed by atoms with Crippen LogP contribution in [-0.2, 0) is 11.0 Å².